The van der Waals surface area contributed by atoms with E-state index in [2.05, 4.69) is 9.80 Å². The number of phenols is 1. The molecule has 2 atom stereocenters. The lowest BCUT2D eigenvalue weighted by Gasteiger charge is -2.39. The number of anilines is 1. The standard InChI is InChI=1S/C18H27N3O3/c1-14-11-21(12-15(2)24-14)18(23)13-19-7-9-20(10-8-19)16-3-5-17(22)6-4-16/h3-6,14-15,22H,7-13H2,1-2H3/t14-,15-/m1/s1. The topological polar surface area (TPSA) is 56.3 Å². The molecule has 6 nitrogen and oxygen atoms in total. The predicted molar refractivity (Wildman–Crippen MR) is 93.3 cm³/mol. The van der Waals surface area contributed by atoms with Crippen LogP contribution in [0.1, 0.15) is 13.8 Å². The van der Waals surface area contributed by atoms with Gasteiger partial charge in [-0.15, -0.1) is 0 Å². The highest BCUT2D eigenvalue weighted by atomic mass is 16.5. The van der Waals surface area contributed by atoms with Crippen LogP contribution in [-0.2, 0) is 9.53 Å². The minimum atomic E-state index is 0.115. The zero-order valence-corrected chi connectivity index (χ0v) is 14.5. The van der Waals surface area contributed by atoms with Crippen molar-refractivity contribution in [2.24, 2.45) is 0 Å². The zero-order valence-electron chi connectivity index (χ0n) is 14.5. The fraction of sp³-hybridized carbons (Fsp3) is 0.611. The van der Waals surface area contributed by atoms with E-state index < -0.39 is 0 Å². The Labute approximate surface area is 143 Å². The van der Waals surface area contributed by atoms with Gasteiger partial charge in [-0.25, -0.2) is 0 Å². The number of carbonyl (C=O) groups is 1. The number of morpholine rings is 1. The maximum Gasteiger partial charge on any atom is 0.236 e. The van der Waals surface area contributed by atoms with Crippen molar-refractivity contribution in [3.8, 4) is 5.75 Å². The predicted octanol–water partition coefficient (Wildman–Crippen LogP) is 1.15. The number of piperazine rings is 1. The fourth-order valence-corrected chi connectivity index (χ4v) is 3.50. The van der Waals surface area contributed by atoms with Crippen molar-refractivity contribution in [1.29, 1.82) is 0 Å². The van der Waals surface area contributed by atoms with Gasteiger partial charge in [0, 0.05) is 45.0 Å². The van der Waals surface area contributed by atoms with Gasteiger partial charge in [0.15, 0.2) is 0 Å². The lowest BCUT2D eigenvalue weighted by molar-refractivity contribution is -0.144. The number of carbonyl (C=O) groups excluding carboxylic acids is 1. The van der Waals surface area contributed by atoms with E-state index in [-0.39, 0.29) is 23.9 Å². The molecule has 132 valence electrons. The molecule has 2 aliphatic rings. The lowest BCUT2D eigenvalue weighted by Crippen LogP contribution is -2.53. The van der Waals surface area contributed by atoms with E-state index in [4.69, 9.17) is 4.74 Å². The van der Waals surface area contributed by atoms with Crippen molar-refractivity contribution in [3.63, 3.8) is 0 Å². The second kappa shape index (κ2) is 7.40. The first-order chi connectivity index (χ1) is 11.5. The molecule has 2 heterocycles. The first-order valence-electron chi connectivity index (χ1n) is 8.71. The minimum Gasteiger partial charge on any atom is -0.508 e. The van der Waals surface area contributed by atoms with Crippen LogP contribution in [-0.4, -0.2) is 78.8 Å². The molecule has 2 saturated heterocycles. The summed E-state index contributed by atoms with van der Waals surface area (Å²) in [6, 6.07) is 7.30. The van der Waals surface area contributed by atoms with Gasteiger partial charge in [-0.1, -0.05) is 0 Å². The quantitative estimate of drug-likeness (QED) is 0.899. The first-order valence-corrected chi connectivity index (χ1v) is 8.71. The smallest absolute Gasteiger partial charge is 0.236 e. The normalized spacial score (nSPS) is 25.8. The van der Waals surface area contributed by atoms with Gasteiger partial charge in [0.2, 0.25) is 5.91 Å². The van der Waals surface area contributed by atoms with Gasteiger partial charge in [-0.05, 0) is 38.1 Å². The van der Waals surface area contributed by atoms with Gasteiger partial charge in [0.25, 0.3) is 0 Å². The third-order valence-electron chi connectivity index (χ3n) is 4.72. The zero-order chi connectivity index (χ0) is 17.1. The Hall–Kier alpha value is -1.79. The molecule has 0 unspecified atom stereocenters. The number of aromatic hydroxyl groups is 1. The maximum atomic E-state index is 12.5. The van der Waals surface area contributed by atoms with Crippen molar-refractivity contribution in [1.82, 2.24) is 9.80 Å². The Morgan fingerprint density at radius 1 is 1.08 bits per heavy atom. The number of rotatable bonds is 3. The molecule has 0 spiro atoms. The van der Waals surface area contributed by atoms with Crippen LogP contribution in [0, 0.1) is 0 Å². The van der Waals surface area contributed by atoms with Gasteiger partial charge in [0.1, 0.15) is 5.75 Å². The van der Waals surface area contributed by atoms with Crippen molar-refractivity contribution in [2.45, 2.75) is 26.1 Å². The Kier molecular flexibility index (Phi) is 5.26. The van der Waals surface area contributed by atoms with Crippen LogP contribution < -0.4 is 4.90 Å². The number of hydrogen-bond donors (Lipinski definition) is 1. The Morgan fingerprint density at radius 3 is 2.25 bits per heavy atom. The summed E-state index contributed by atoms with van der Waals surface area (Å²) >= 11 is 0. The second-order valence-corrected chi connectivity index (χ2v) is 6.84. The number of amides is 1. The SMILES string of the molecule is C[C@@H]1CN(C(=O)CN2CCN(c3ccc(O)cc3)CC2)C[C@@H](C)O1. The van der Waals surface area contributed by atoms with Crippen molar-refractivity contribution < 1.29 is 14.6 Å². The van der Waals surface area contributed by atoms with E-state index in [1.807, 2.05) is 30.9 Å². The lowest BCUT2D eigenvalue weighted by atomic mass is 10.2. The molecule has 0 aliphatic carbocycles. The van der Waals surface area contributed by atoms with Crippen LogP contribution in [0.4, 0.5) is 5.69 Å². The molecule has 0 aromatic heterocycles. The molecule has 2 aliphatic heterocycles. The van der Waals surface area contributed by atoms with Crippen LogP contribution in [0.2, 0.25) is 0 Å². The Bertz CT molecular complexity index is 545. The molecule has 1 N–H and O–H groups in total. The van der Waals surface area contributed by atoms with Crippen molar-refractivity contribution in [2.75, 3.05) is 50.7 Å². The highest BCUT2D eigenvalue weighted by Crippen LogP contribution is 2.20. The summed E-state index contributed by atoms with van der Waals surface area (Å²) in [5.74, 6) is 0.493. The summed E-state index contributed by atoms with van der Waals surface area (Å²) in [6.45, 7) is 9.46. The van der Waals surface area contributed by atoms with Crippen LogP contribution >= 0.6 is 0 Å². The number of ether oxygens (including phenoxy) is 1. The van der Waals surface area contributed by atoms with E-state index in [0.29, 0.717) is 19.6 Å². The third-order valence-corrected chi connectivity index (χ3v) is 4.72. The summed E-state index contributed by atoms with van der Waals surface area (Å²) in [5.41, 5.74) is 1.12. The van der Waals surface area contributed by atoms with Gasteiger partial charge in [-0.2, -0.15) is 0 Å². The van der Waals surface area contributed by atoms with Crippen LogP contribution in [0.15, 0.2) is 24.3 Å². The molecule has 0 bridgehead atoms. The molecule has 2 fully saturated rings. The summed E-state index contributed by atoms with van der Waals surface area (Å²) in [7, 11) is 0. The van der Waals surface area contributed by atoms with Crippen LogP contribution in [0.3, 0.4) is 0 Å². The molecule has 1 aromatic carbocycles. The Balaban J connectivity index is 1.48. The van der Waals surface area contributed by atoms with Crippen molar-refractivity contribution >= 4 is 11.6 Å². The number of hydrogen-bond acceptors (Lipinski definition) is 5. The number of nitrogens with zero attached hydrogens (tertiary/aromatic N) is 3. The summed E-state index contributed by atoms with van der Waals surface area (Å²) < 4.78 is 5.70. The molecule has 0 saturated carbocycles. The molecular weight excluding hydrogens is 306 g/mol. The molecular formula is C18H27N3O3. The monoisotopic (exact) mass is 333 g/mol. The molecule has 3 rings (SSSR count). The van der Waals surface area contributed by atoms with E-state index >= 15 is 0 Å². The Morgan fingerprint density at radius 2 is 1.67 bits per heavy atom. The van der Waals surface area contributed by atoms with Gasteiger partial charge in [-0.3, -0.25) is 9.69 Å². The van der Waals surface area contributed by atoms with Crippen molar-refractivity contribution in [3.05, 3.63) is 24.3 Å². The van der Waals surface area contributed by atoms with Gasteiger partial charge >= 0.3 is 0 Å². The highest BCUT2D eigenvalue weighted by Gasteiger charge is 2.27. The van der Waals surface area contributed by atoms with Gasteiger partial charge < -0.3 is 19.6 Å². The van der Waals surface area contributed by atoms with Crippen LogP contribution in [0.25, 0.3) is 0 Å². The molecule has 0 radical (unpaired) electrons. The molecule has 24 heavy (non-hydrogen) atoms. The second-order valence-electron chi connectivity index (χ2n) is 6.84. The third kappa shape index (κ3) is 4.19. The molecule has 1 amide bonds. The maximum absolute atomic E-state index is 12.5. The van der Waals surface area contributed by atoms with E-state index in [9.17, 15) is 9.90 Å². The largest absolute Gasteiger partial charge is 0.508 e. The first kappa shape index (κ1) is 17.0. The van der Waals surface area contributed by atoms with E-state index in [1.54, 1.807) is 12.1 Å². The summed E-state index contributed by atoms with van der Waals surface area (Å²) in [6.07, 6.45) is 0.230. The number of phenolic OH excluding ortho intramolecular Hbond substituents is 1. The van der Waals surface area contributed by atoms with Crippen LogP contribution in [0.5, 0.6) is 5.75 Å². The fourth-order valence-electron chi connectivity index (χ4n) is 3.50. The van der Waals surface area contributed by atoms with E-state index in [1.165, 1.54) is 0 Å². The number of benzene rings is 1. The minimum absolute atomic E-state index is 0.115. The summed E-state index contributed by atoms with van der Waals surface area (Å²) in [4.78, 5) is 19.0. The average Bonchev–Trinajstić information content (AvgIpc) is 2.55. The summed E-state index contributed by atoms with van der Waals surface area (Å²) in [5, 5.41) is 9.38. The highest BCUT2D eigenvalue weighted by molar-refractivity contribution is 5.78. The molecule has 6 heteroatoms. The van der Waals surface area contributed by atoms with E-state index in [0.717, 1.165) is 31.9 Å². The molecule has 1 aromatic rings. The van der Waals surface area contributed by atoms with Gasteiger partial charge in [0.05, 0.1) is 18.8 Å². The average molecular weight is 333 g/mol.